The molecule has 5 nitrogen and oxygen atoms in total. The van der Waals surface area contributed by atoms with Crippen molar-refractivity contribution in [3.05, 3.63) is 34.7 Å². The average Bonchev–Trinajstić information content (AvgIpc) is 2.19. The van der Waals surface area contributed by atoms with Crippen molar-refractivity contribution in [1.82, 2.24) is 0 Å². The highest BCUT2D eigenvalue weighted by Crippen LogP contribution is 2.25. The van der Waals surface area contributed by atoms with Crippen LogP contribution < -0.4 is 0 Å². The molecule has 1 aromatic rings. The lowest BCUT2D eigenvalue weighted by atomic mass is 10.3. The van der Waals surface area contributed by atoms with Crippen LogP contribution in [0.5, 0.6) is 0 Å². The summed E-state index contributed by atoms with van der Waals surface area (Å²) in [4.78, 5) is 2.70. The molecule has 0 saturated carbocycles. The third-order valence-electron chi connectivity index (χ3n) is 1.83. The Kier molecular flexibility index (Phi) is 3.71. The van der Waals surface area contributed by atoms with E-state index in [-0.39, 0.29) is 16.3 Å². The van der Waals surface area contributed by atoms with Crippen molar-refractivity contribution in [1.29, 1.82) is 0 Å². The van der Waals surface area contributed by atoms with Crippen molar-refractivity contribution in [2.75, 3.05) is 5.75 Å². The van der Waals surface area contributed by atoms with Crippen molar-refractivity contribution < 1.29 is 8.42 Å². The van der Waals surface area contributed by atoms with E-state index in [0.717, 1.165) is 0 Å². The molecule has 0 aliphatic heterocycles. The van der Waals surface area contributed by atoms with E-state index in [9.17, 15) is 8.42 Å². The minimum absolute atomic E-state index is 0.0605. The number of hydrogen-bond donors (Lipinski definition) is 0. The van der Waals surface area contributed by atoms with Gasteiger partial charge in [-0.25, -0.2) is 8.42 Å². The summed E-state index contributed by atoms with van der Waals surface area (Å²) in [6, 6.07) is 6.19. The summed E-state index contributed by atoms with van der Waals surface area (Å²) in [7, 11) is -3.33. The minimum atomic E-state index is -3.33. The monoisotopic (exact) mass is 225 g/mol. The third kappa shape index (κ3) is 2.71. The summed E-state index contributed by atoms with van der Waals surface area (Å²) in [6.45, 7) is 1.79. The summed E-state index contributed by atoms with van der Waals surface area (Å²) in [5, 5.41) is 3.36. The van der Waals surface area contributed by atoms with Gasteiger partial charge in [-0.15, -0.1) is 0 Å². The topological polar surface area (TPSA) is 82.9 Å². The van der Waals surface area contributed by atoms with E-state index in [4.69, 9.17) is 5.53 Å². The zero-order valence-corrected chi connectivity index (χ0v) is 9.11. The SMILES string of the molecule is CCCS(=O)(=O)c1ccccc1N=[N+]=[N-]. The van der Waals surface area contributed by atoms with E-state index in [0.29, 0.717) is 6.42 Å². The number of hydrogen-bond acceptors (Lipinski definition) is 3. The molecule has 0 aliphatic carbocycles. The molecule has 1 aromatic carbocycles. The first-order chi connectivity index (χ1) is 7.11. The second-order valence-electron chi connectivity index (χ2n) is 2.98. The number of benzene rings is 1. The van der Waals surface area contributed by atoms with Gasteiger partial charge in [0.2, 0.25) is 0 Å². The average molecular weight is 225 g/mol. The Hall–Kier alpha value is -1.52. The van der Waals surface area contributed by atoms with Gasteiger partial charge >= 0.3 is 0 Å². The highest BCUT2D eigenvalue weighted by Gasteiger charge is 2.15. The molecule has 0 unspecified atom stereocenters. The highest BCUT2D eigenvalue weighted by atomic mass is 32.2. The van der Waals surface area contributed by atoms with Crippen molar-refractivity contribution in [2.24, 2.45) is 5.11 Å². The van der Waals surface area contributed by atoms with E-state index < -0.39 is 9.84 Å². The fourth-order valence-corrected chi connectivity index (χ4v) is 2.70. The fourth-order valence-electron chi connectivity index (χ4n) is 1.23. The van der Waals surface area contributed by atoms with Crippen LogP contribution in [0, 0.1) is 0 Å². The molecule has 0 bridgehead atoms. The van der Waals surface area contributed by atoms with Gasteiger partial charge in [0.1, 0.15) is 0 Å². The molecule has 0 amide bonds. The van der Waals surface area contributed by atoms with Gasteiger partial charge in [0.05, 0.1) is 16.3 Å². The molecule has 0 fully saturated rings. The minimum Gasteiger partial charge on any atom is -0.224 e. The first kappa shape index (κ1) is 11.6. The molecule has 80 valence electrons. The van der Waals surface area contributed by atoms with E-state index in [1.807, 2.05) is 0 Å². The zero-order chi connectivity index (χ0) is 11.3. The molecular weight excluding hydrogens is 214 g/mol. The first-order valence-corrected chi connectivity index (χ1v) is 6.14. The first-order valence-electron chi connectivity index (χ1n) is 4.48. The van der Waals surface area contributed by atoms with Gasteiger partial charge < -0.3 is 0 Å². The van der Waals surface area contributed by atoms with Crippen molar-refractivity contribution in [2.45, 2.75) is 18.2 Å². The van der Waals surface area contributed by atoms with Crippen LogP contribution in [0.3, 0.4) is 0 Å². The zero-order valence-electron chi connectivity index (χ0n) is 8.29. The summed E-state index contributed by atoms with van der Waals surface area (Å²) in [5.41, 5.74) is 8.46. The Morgan fingerprint density at radius 3 is 2.67 bits per heavy atom. The Bertz CT molecular complexity index is 490. The van der Waals surface area contributed by atoms with Crippen LogP contribution >= 0.6 is 0 Å². The second kappa shape index (κ2) is 4.82. The number of rotatable bonds is 4. The Balaban J connectivity index is 3.30. The quantitative estimate of drug-likeness (QED) is 0.448. The Morgan fingerprint density at radius 1 is 1.40 bits per heavy atom. The number of nitrogens with zero attached hydrogens (tertiary/aromatic N) is 3. The second-order valence-corrected chi connectivity index (χ2v) is 5.05. The molecule has 0 aromatic heterocycles. The fraction of sp³-hybridized carbons (Fsp3) is 0.333. The molecule has 0 saturated heterocycles. The van der Waals surface area contributed by atoms with Gasteiger partial charge in [-0.05, 0) is 18.0 Å². The van der Waals surface area contributed by atoms with Crippen LogP contribution in [0.4, 0.5) is 5.69 Å². The van der Waals surface area contributed by atoms with E-state index >= 15 is 0 Å². The maximum atomic E-state index is 11.7. The molecule has 1 rings (SSSR count). The van der Waals surface area contributed by atoms with Crippen LogP contribution in [-0.2, 0) is 9.84 Å². The summed E-state index contributed by atoms with van der Waals surface area (Å²) in [6.07, 6.45) is 0.535. The highest BCUT2D eigenvalue weighted by molar-refractivity contribution is 7.91. The Labute approximate surface area is 88.3 Å². The largest absolute Gasteiger partial charge is 0.224 e. The lowest BCUT2D eigenvalue weighted by Crippen LogP contribution is -2.05. The van der Waals surface area contributed by atoms with E-state index in [1.54, 1.807) is 19.1 Å². The third-order valence-corrected chi connectivity index (χ3v) is 3.79. The van der Waals surface area contributed by atoms with Crippen LogP contribution in [0.2, 0.25) is 0 Å². The molecular formula is C9H11N3O2S. The number of azide groups is 1. The van der Waals surface area contributed by atoms with Crippen LogP contribution in [0.15, 0.2) is 34.3 Å². The standard InChI is InChI=1S/C9H11N3O2S/c1-2-7-15(13,14)9-6-4-3-5-8(9)11-12-10/h3-6H,2,7H2,1H3. The maximum absolute atomic E-state index is 11.7. The van der Waals surface area contributed by atoms with Crippen molar-refractivity contribution in [3.63, 3.8) is 0 Å². The lowest BCUT2D eigenvalue weighted by Gasteiger charge is -2.04. The van der Waals surface area contributed by atoms with Gasteiger partial charge in [-0.2, -0.15) is 0 Å². The Morgan fingerprint density at radius 2 is 2.07 bits per heavy atom. The van der Waals surface area contributed by atoms with Crippen LogP contribution in [0.1, 0.15) is 13.3 Å². The summed E-state index contributed by atoms with van der Waals surface area (Å²) < 4.78 is 23.5. The van der Waals surface area contributed by atoms with E-state index in [2.05, 4.69) is 10.0 Å². The van der Waals surface area contributed by atoms with Gasteiger partial charge in [0.15, 0.2) is 9.84 Å². The molecule has 0 heterocycles. The van der Waals surface area contributed by atoms with Gasteiger partial charge in [-0.3, -0.25) is 0 Å². The van der Waals surface area contributed by atoms with Crippen LogP contribution in [0.25, 0.3) is 10.4 Å². The predicted molar refractivity (Wildman–Crippen MR) is 57.6 cm³/mol. The molecule has 15 heavy (non-hydrogen) atoms. The molecule has 0 radical (unpaired) electrons. The normalized spacial score (nSPS) is 10.7. The van der Waals surface area contributed by atoms with Gasteiger partial charge in [0, 0.05) is 4.91 Å². The summed E-state index contributed by atoms with van der Waals surface area (Å²) >= 11 is 0. The molecule has 6 heteroatoms. The predicted octanol–water partition coefficient (Wildman–Crippen LogP) is 2.81. The lowest BCUT2D eigenvalue weighted by molar-refractivity contribution is 0.595. The van der Waals surface area contributed by atoms with Gasteiger partial charge in [0.25, 0.3) is 0 Å². The van der Waals surface area contributed by atoms with E-state index in [1.165, 1.54) is 12.1 Å². The molecule has 0 aliphatic rings. The number of sulfone groups is 1. The van der Waals surface area contributed by atoms with Crippen molar-refractivity contribution in [3.8, 4) is 0 Å². The molecule has 0 N–H and O–H groups in total. The molecule has 0 spiro atoms. The van der Waals surface area contributed by atoms with Crippen LogP contribution in [-0.4, -0.2) is 14.2 Å². The van der Waals surface area contributed by atoms with Gasteiger partial charge in [-0.1, -0.05) is 30.2 Å². The maximum Gasteiger partial charge on any atom is 0.178 e. The van der Waals surface area contributed by atoms with Crippen molar-refractivity contribution >= 4 is 15.5 Å². The summed E-state index contributed by atoms with van der Waals surface area (Å²) in [5.74, 6) is 0.0605. The smallest absolute Gasteiger partial charge is 0.178 e. The molecule has 0 atom stereocenters.